The number of nitrogens with zero attached hydrogens (tertiary/aromatic N) is 4. The van der Waals surface area contributed by atoms with Crippen LogP contribution in [0.3, 0.4) is 0 Å². The number of rotatable bonds is 5. The third-order valence-corrected chi connectivity index (χ3v) is 5.22. The van der Waals surface area contributed by atoms with Gasteiger partial charge in [-0.1, -0.05) is 12.1 Å². The number of alkyl halides is 3. The van der Waals surface area contributed by atoms with Gasteiger partial charge in [0, 0.05) is 19.0 Å². The van der Waals surface area contributed by atoms with E-state index in [1.54, 1.807) is 42.5 Å². The molecule has 0 saturated carbocycles. The SMILES string of the molecule is CC(NC(=O)CN1Cc2cccc(N(C)c3cnc4[nH]ncc4c3)c2C1=O)C(F)(F)F. The quantitative estimate of drug-likeness (QED) is 0.647. The van der Waals surface area contributed by atoms with Crippen molar-refractivity contribution in [3.63, 3.8) is 0 Å². The molecule has 31 heavy (non-hydrogen) atoms. The normalized spacial score (nSPS) is 14.6. The molecule has 1 aromatic carbocycles. The number of amides is 2. The molecule has 1 aliphatic heterocycles. The van der Waals surface area contributed by atoms with Gasteiger partial charge in [0.2, 0.25) is 5.91 Å². The van der Waals surface area contributed by atoms with E-state index in [-0.39, 0.29) is 6.54 Å². The molecule has 162 valence electrons. The summed E-state index contributed by atoms with van der Waals surface area (Å²) in [5, 5.41) is 9.41. The first-order valence-corrected chi connectivity index (χ1v) is 9.45. The standard InChI is InChI=1S/C20H19F3N6O2/c1-11(20(21,22)23)26-16(30)10-29-9-12-4-3-5-15(17(12)19(29)31)28(2)14-6-13-7-25-27-18(13)24-8-14/h3-8,11H,9-10H2,1-2H3,(H,26,30)(H,24,25,27). The molecule has 0 fully saturated rings. The van der Waals surface area contributed by atoms with Crippen molar-refractivity contribution in [2.75, 3.05) is 18.5 Å². The smallest absolute Gasteiger partial charge is 0.343 e. The lowest BCUT2D eigenvalue weighted by atomic mass is 10.1. The number of halogens is 3. The van der Waals surface area contributed by atoms with Crippen molar-refractivity contribution in [2.45, 2.75) is 25.7 Å². The zero-order valence-corrected chi connectivity index (χ0v) is 16.7. The molecule has 1 aliphatic rings. The average Bonchev–Trinajstić information content (AvgIpc) is 3.30. The molecule has 2 aromatic heterocycles. The Balaban J connectivity index is 1.55. The zero-order valence-electron chi connectivity index (χ0n) is 16.7. The van der Waals surface area contributed by atoms with Crippen molar-refractivity contribution in [3.8, 4) is 0 Å². The number of benzene rings is 1. The number of aromatic amines is 1. The van der Waals surface area contributed by atoms with E-state index >= 15 is 0 Å². The fourth-order valence-corrected chi connectivity index (χ4v) is 3.50. The summed E-state index contributed by atoms with van der Waals surface area (Å²) in [5.74, 6) is -1.28. The van der Waals surface area contributed by atoms with Gasteiger partial charge in [0.15, 0.2) is 5.65 Å². The molecular formula is C20H19F3N6O2. The van der Waals surface area contributed by atoms with E-state index in [1.807, 2.05) is 11.4 Å². The van der Waals surface area contributed by atoms with Crippen LogP contribution < -0.4 is 10.2 Å². The van der Waals surface area contributed by atoms with Crippen LogP contribution in [0.15, 0.2) is 36.7 Å². The van der Waals surface area contributed by atoms with E-state index < -0.39 is 30.6 Å². The molecule has 2 N–H and O–H groups in total. The first-order valence-electron chi connectivity index (χ1n) is 9.45. The van der Waals surface area contributed by atoms with Crippen LogP contribution in [0.2, 0.25) is 0 Å². The number of aromatic nitrogens is 3. The van der Waals surface area contributed by atoms with Crippen LogP contribution in [0.25, 0.3) is 11.0 Å². The summed E-state index contributed by atoms with van der Waals surface area (Å²) in [5.41, 5.74) is 3.08. The topological polar surface area (TPSA) is 94.2 Å². The van der Waals surface area contributed by atoms with Gasteiger partial charge in [-0.15, -0.1) is 0 Å². The second-order valence-electron chi connectivity index (χ2n) is 7.36. The maximum Gasteiger partial charge on any atom is 0.408 e. The summed E-state index contributed by atoms with van der Waals surface area (Å²) >= 11 is 0. The first-order chi connectivity index (χ1) is 14.6. The minimum atomic E-state index is -4.55. The second kappa shape index (κ2) is 7.56. The Kier molecular flexibility index (Phi) is 5.03. The van der Waals surface area contributed by atoms with Crippen LogP contribution in [0.5, 0.6) is 0 Å². The number of nitrogens with one attached hydrogen (secondary N) is 2. The van der Waals surface area contributed by atoms with Crippen molar-refractivity contribution in [3.05, 3.63) is 47.8 Å². The number of carbonyl (C=O) groups excluding carboxylic acids is 2. The van der Waals surface area contributed by atoms with E-state index in [9.17, 15) is 22.8 Å². The maximum atomic E-state index is 13.0. The predicted molar refractivity (Wildman–Crippen MR) is 107 cm³/mol. The van der Waals surface area contributed by atoms with E-state index in [1.165, 1.54) is 4.90 Å². The van der Waals surface area contributed by atoms with Crippen molar-refractivity contribution in [1.82, 2.24) is 25.4 Å². The molecule has 2 amide bonds. The van der Waals surface area contributed by atoms with Gasteiger partial charge in [0.25, 0.3) is 5.91 Å². The lowest BCUT2D eigenvalue weighted by molar-refractivity contribution is -0.158. The molecule has 1 unspecified atom stereocenters. The van der Waals surface area contributed by atoms with Gasteiger partial charge in [0.05, 0.1) is 29.3 Å². The van der Waals surface area contributed by atoms with Crippen LogP contribution in [0.4, 0.5) is 24.5 Å². The third-order valence-electron chi connectivity index (χ3n) is 5.22. The monoisotopic (exact) mass is 432 g/mol. The molecule has 0 spiro atoms. The van der Waals surface area contributed by atoms with Gasteiger partial charge < -0.3 is 15.1 Å². The van der Waals surface area contributed by atoms with Crippen LogP contribution in [0.1, 0.15) is 22.8 Å². The molecule has 8 nitrogen and oxygen atoms in total. The summed E-state index contributed by atoms with van der Waals surface area (Å²) in [7, 11) is 1.78. The lowest BCUT2D eigenvalue weighted by Crippen LogP contribution is -2.47. The Morgan fingerprint density at radius 1 is 1.35 bits per heavy atom. The van der Waals surface area contributed by atoms with Gasteiger partial charge >= 0.3 is 6.18 Å². The summed E-state index contributed by atoms with van der Waals surface area (Å²) in [6.45, 7) is 0.540. The van der Waals surface area contributed by atoms with E-state index in [2.05, 4.69) is 15.2 Å². The fraction of sp³-hybridized carbons (Fsp3) is 0.300. The Morgan fingerprint density at radius 2 is 2.13 bits per heavy atom. The number of H-pyrrole nitrogens is 1. The van der Waals surface area contributed by atoms with Gasteiger partial charge in [-0.2, -0.15) is 18.3 Å². The molecule has 3 heterocycles. The first kappa shape index (κ1) is 20.6. The number of anilines is 2. The van der Waals surface area contributed by atoms with Crippen molar-refractivity contribution in [1.29, 1.82) is 0 Å². The third kappa shape index (κ3) is 3.90. The van der Waals surface area contributed by atoms with Crippen LogP contribution >= 0.6 is 0 Å². The summed E-state index contributed by atoms with van der Waals surface area (Å²) in [6.07, 6.45) is -1.26. The summed E-state index contributed by atoms with van der Waals surface area (Å²) in [6, 6.07) is 5.20. The van der Waals surface area contributed by atoms with E-state index in [0.717, 1.165) is 18.0 Å². The average molecular weight is 432 g/mol. The number of carbonyl (C=O) groups is 2. The Morgan fingerprint density at radius 3 is 2.87 bits per heavy atom. The lowest BCUT2D eigenvalue weighted by Gasteiger charge is -2.22. The summed E-state index contributed by atoms with van der Waals surface area (Å²) in [4.78, 5) is 32.4. The molecule has 0 radical (unpaired) electrons. The molecule has 1 atom stereocenters. The highest BCUT2D eigenvalue weighted by atomic mass is 19.4. The number of hydrogen-bond acceptors (Lipinski definition) is 5. The molecule has 0 saturated heterocycles. The maximum absolute atomic E-state index is 13.0. The fourth-order valence-electron chi connectivity index (χ4n) is 3.50. The number of pyridine rings is 1. The zero-order chi connectivity index (χ0) is 22.3. The van der Waals surface area contributed by atoms with Gasteiger partial charge in [0.1, 0.15) is 12.6 Å². The molecule has 3 aromatic rings. The minimum absolute atomic E-state index is 0.142. The Bertz CT molecular complexity index is 1160. The van der Waals surface area contributed by atoms with Crippen molar-refractivity contribution < 1.29 is 22.8 Å². The van der Waals surface area contributed by atoms with E-state index in [0.29, 0.717) is 22.5 Å². The Hall–Kier alpha value is -3.63. The molecule has 0 bridgehead atoms. The minimum Gasteiger partial charge on any atom is -0.343 e. The molecule has 4 rings (SSSR count). The van der Waals surface area contributed by atoms with Crippen LogP contribution in [-0.4, -0.2) is 57.7 Å². The highest BCUT2D eigenvalue weighted by Crippen LogP contribution is 2.35. The van der Waals surface area contributed by atoms with Gasteiger partial charge in [-0.05, 0) is 24.6 Å². The van der Waals surface area contributed by atoms with Crippen molar-refractivity contribution in [2.24, 2.45) is 0 Å². The second-order valence-corrected chi connectivity index (χ2v) is 7.36. The number of hydrogen-bond donors (Lipinski definition) is 2. The summed E-state index contributed by atoms with van der Waals surface area (Å²) < 4.78 is 38.0. The number of fused-ring (bicyclic) bond motifs is 2. The Labute approximate surface area is 175 Å². The van der Waals surface area contributed by atoms with E-state index in [4.69, 9.17) is 0 Å². The highest BCUT2D eigenvalue weighted by Gasteiger charge is 2.38. The molecule has 0 aliphatic carbocycles. The van der Waals surface area contributed by atoms with Gasteiger partial charge in [-0.25, -0.2) is 4.98 Å². The van der Waals surface area contributed by atoms with Crippen molar-refractivity contribution >= 4 is 34.2 Å². The van der Waals surface area contributed by atoms with Crippen LogP contribution in [0, 0.1) is 0 Å². The molecular weight excluding hydrogens is 413 g/mol. The van der Waals surface area contributed by atoms with Crippen LogP contribution in [-0.2, 0) is 11.3 Å². The predicted octanol–water partition coefficient (Wildman–Crippen LogP) is 2.75. The highest BCUT2D eigenvalue weighted by molar-refractivity contribution is 6.05. The largest absolute Gasteiger partial charge is 0.408 e. The van der Waals surface area contributed by atoms with Gasteiger partial charge in [-0.3, -0.25) is 14.7 Å². The molecule has 11 heteroatoms.